The van der Waals surface area contributed by atoms with Gasteiger partial charge in [-0.1, -0.05) is 24.3 Å². The van der Waals surface area contributed by atoms with E-state index in [9.17, 15) is 14.4 Å². The number of amides is 3. The first-order chi connectivity index (χ1) is 12.8. The van der Waals surface area contributed by atoms with E-state index in [2.05, 4.69) is 10.6 Å². The molecule has 0 aliphatic carbocycles. The molecule has 0 radical (unpaired) electrons. The van der Waals surface area contributed by atoms with Crippen LogP contribution in [-0.2, 0) is 14.4 Å². The summed E-state index contributed by atoms with van der Waals surface area (Å²) in [7, 11) is 0. The maximum absolute atomic E-state index is 12.7. The molecule has 2 aromatic carbocycles. The zero-order valence-corrected chi connectivity index (χ0v) is 15.7. The molecule has 27 heavy (non-hydrogen) atoms. The van der Waals surface area contributed by atoms with Crippen LogP contribution >= 0.6 is 0 Å². The number of nitrogens with zero attached hydrogens (tertiary/aromatic N) is 1. The van der Waals surface area contributed by atoms with Gasteiger partial charge in [-0.3, -0.25) is 14.4 Å². The van der Waals surface area contributed by atoms with Crippen molar-refractivity contribution >= 4 is 34.8 Å². The van der Waals surface area contributed by atoms with Crippen molar-refractivity contribution in [1.29, 1.82) is 0 Å². The van der Waals surface area contributed by atoms with E-state index in [1.165, 1.54) is 6.92 Å². The van der Waals surface area contributed by atoms with Gasteiger partial charge in [0.1, 0.15) is 0 Å². The molecule has 3 rings (SSSR count). The predicted molar refractivity (Wildman–Crippen MR) is 106 cm³/mol. The molecule has 1 aliphatic rings. The molecule has 1 atom stereocenters. The van der Waals surface area contributed by atoms with Crippen LogP contribution in [0.15, 0.2) is 42.5 Å². The molecule has 1 unspecified atom stereocenters. The zero-order valence-electron chi connectivity index (χ0n) is 15.7. The van der Waals surface area contributed by atoms with Gasteiger partial charge >= 0.3 is 0 Å². The summed E-state index contributed by atoms with van der Waals surface area (Å²) in [5.74, 6) is -0.843. The highest BCUT2D eigenvalue weighted by atomic mass is 16.2. The molecule has 140 valence electrons. The molecule has 3 amide bonds. The van der Waals surface area contributed by atoms with Gasteiger partial charge in [0.05, 0.1) is 5.92 Å². The Labute approximate surface area is 158 Å². The van der Waals surface area contributed by atoms with E-state index in [0.717, 1.165) is 16.8 Å². The average Bonchev–Trinajstić information content (AvgIpc) is 3.00. The Hall–Kier alpha value is -3.15. The number of para-hydroxylation sites is 1. The highest BCUT2D eigenvalue weighted by Crippen LogP contribution is 2.29. The Morgan fingerprint density at radius 3 is 2.37 bits per heavy atom. The maximum atomic E-state index is 12.7. The number of carbonyl (C=O) groups is 3. The van der Waals surface area contributed by atoms with E-state index in [0.29, 0.717) is 17.9 Å². The molecule has 0 spiro atoms. The van der Waals surface area contributed by atoms with Crippen LogP contribution in [-0.4, -0.2) is 24.3 Å². The topological polar surface area (TPSA) is 78.5 Å². The lowest BCUT2D eigenvalue weighted by Crippen LogP contribution is -2.28. The van der Waals surface area contributed by atoms with Crippen LogP contribution in [0.1, 0.15) is 24.5 Å². The zero-order chi connectivity index (χ0) is 19.6. The second-order valence-corrected chi connectivity index (χ2v) is 6.89. The van der Waals surface area contributed by atoms with Crippen LogP contribution < -0.4 is 15.5 Å². The van der Waals surface area contributed by atoms with Crippen molar-refractivity contribution in [1.82, 2.24) is 0 Å². The number of hydrogen-bond donors (Lipinski definition) is 2. The summed E-state index contributed by atoms with van der Waals surface area (Å²) >= 11 is 0. The Morgan fingerprint density at radius 1 is 1.04 bits per heavy atom. The molecule has 1 saturated heterocycles. The predicted octanol–water partition coefficient (Wildman–Crippen LogP) is 3.25. The molecule has 1 heterocycles. The van der Waals surface area contributed by atoms with Gasteiger partial charge in [-0.05, 0) is 43.2 Å². The third-order valence-electron chi connectivity index (χ3n) is 4.70. The van der Waals surface area contributed by atoms with Gasteiger partial charge in [-0.25, -0.2) is 0 Å². The van der Waals surface area contributed by atoms with Crippen molar-refractivity contribution in [2.24, 2.45) is 5.92 Å². The molecule has 6 nitrogen and oxygen atoms in total. The first kappa shape index (κ1) is 18.6. The van der Waals surface area contributed by atoms with Gasteiger partial charge in [0.2, 0.25) is 17.7 Å². The monoisotopic (exact) mass is 365 g/mol. The van der Waals surface area contributed by atoms with Gasteiger partial charge in [-0.15, -0.1) is 0 Å². The lowest BCUT2D eigenvalue weighted by atomic mass is 10.1. The Morgan fingerprint density at radius 2 is 1.70 bits per heavy atom. The van der Waals surface area contributed by atoms with Gasteiger partial charge < -0.3 is 15.5 Å². The van der Waals surface area contributed by atoms with E-state index in [1.807, 2.05) is 32.0 Å². The van der Waals surface area contributed by atoms with Gasteiger partial charge in [0.15, 0.2) is 0 Å². The van der Waals surface area contributed by atoms with E-state index in [4.69, 9.17) is 0 Å². The van der Waals surface area contributed by atoms with Crippen molar-refractivity contribution in [2.45, 2.75) is 27.2 Å². The van der Waals surface area contributed by atoms with Gasteiger partial charge in [0.25, 0.3) is 0 Å². The second kappa shape index (κ2) is 7.61. The van der Waals surface area contributed by atoms with Crippen LogP contribution in [0.25, 0.3) is 0 Å². The fraction of sp³-hybridized carbons (Fsp3) is 0.286. The molecule has 0 bridgehead atoms. The Kier molecular flexibility index (Phi) is 5.26. The minimum absolute atomic E-state index is 0.100. The van der Waals surface area contributed by atoms with E-state index < -0.39 is 5.92 Å². The number of aryl methyl sites for hydroxylation is 2. The molecule has 2 aromatic rings. The standard InChI is InChI=1S/C21H23N3O3/c1-13-6-4-7-14(2)20(13)23-21(27)16-10-19(26)24(12-16)18-9-5-8-17(11-18)22-15(3)25/h4-9,11,16H,10,12H2,1-3H3,(H,22,25)(H,23,27). The van der Waals surface area contributed by atoms with Crippen LogP contribution in [0.2, 0.25) is 0 Å². The number of carbonyl (C=O) groups excluding carboxylic acids is 3. The smallest absolute Gasteiger partial charge is 0.229 e. The van der Waals surface area contributed by atoms with Crippen LogP contribution in [0.3, 0.4) is 0 Å². The number of rotatable bonds is 4. The quantitative estimate of drug-likeness (QED) is 0.873. The maximum Gasteiger partial charge on any atom is 0.229 e. The number of nitrogens with one attached hydrogen (secondary N) is 2. The van der Waals surface area contributed by atoms with E-state index in [1.54, 1.807) is 29.2 Å². The summed E-state index contributed by atoms with van der Waals surface area (Å²) < 4.78 is 0. The third kappa shape index (κ3) is 4.16. The summed E-state index contributed by atoms with van der Waals surface area (Å²) in [5.41, 5.74) is 4.09. The van der Waals surface area contributed by atoms with E-state index >= 15 is 0 Å². The van der Waals surface area contributed by atoms with Crippen molar-refractivity contribution in [3.05, 3.63) is 53.6 Å². The number of hydrogen-bond acceptors (Lipinski definition) is 3. The van der Waals surface area contributed by atoms with Crippen molar-refractivity contribution in [3.8, 4) is 0 Å². The number of anilines is 3. The average molecular weight is 365 g/mol. The molecule has 6 heteroatoms. The van der Waals surface area contributed by atoms with Crippen molar-refractivity contribution < 1.29 is 14.4 Å². The molecule has 2 N–H and O–H groups in total. The molecule has 0 saturated carbocycles. The van der Waals surface area contributed by atoms with Gasteiger partial charge in [-0.2, -0.15) is 0 Å². The highest BCUT2D eigenvalue weighted by Gasteiger charge is 2.35. The Bertz CT molecular complexity index is 887. The minimum atomic E-state index is -0.416. The first-order valence-corrected chi connectivity index (χ1v) is 8.90. The minimum Gasteiger partial charge on any atom is -0.326 e. The summed E-state index contributed by atoms with van der Waals surface area (Å²) in [6, 6.07) is 12.9. The highest BCUT2D eigenvalue weighted by molar-refractivity contribution is 6.04. The Balaban J connectivity index is 1.73. The van der Waals surface area contributed by atoms with Crippen molar-refractivity contribution in [3.63, 3.8) is 0 Å². The van der Waals surface area contributed by atoms with Crippen LogP contribution in [0.4, 0.5) is 17.1 Å². The normalized spacial score (nSPS) is 16.3. The summed E-state index contributed by atoms with van der Waals surface area (Å²) in [6.45, 7) is 5.64. The molecule has 0 aromatic heterocycles. The summed E-state index contributed by atoms with van der Waals surface area (Å²) in [5, 5.41) is 5.68. The van der Waals surface area contributed by atoms with E-state index in [-0.39, 0.29) is 24.1 Å². The second-order valence-electron chi connectivity index (χ2n) is 6.89. The van der Waals surface area contributed by atoms with Crippen LogP contribution in [0.5, 0.6) is 0 Å². The third-order valence-corrected chi connectivity index (χ3v) is 4.70. The molecule has 1 fully saturated rings. The lowest BCUT2D eigenvalue weighted by Gasteiger charge is -2.18. The fourth-order valence-electron chi connectivity index (χ4n) is 3.32. The molecular formula is C21H23N3O3. The largest absolute Gasteiger partial charge is 0.326 e. The SMILES string of the molecule is CC(=O)Nc1cccc(N2CC(C(=O)Nc3c(C)cccc3C)CC2=O)c1. The fourth-order valence-corrected chi connectivity index (χ4v) is 3.32. The first-order valence-electron chi connectivity index (χ1n) is 8.90. The van der Waals surface area contributed by atoms with Crippen molar-refractivity contribution in [2.75, 3.05) is 22.1 Å². The van der Waals surface area contributed by atoms with Gasteiger partial charge in [0, 0.05) is 37.0 Å². The lowest BCUT2D eigenvalue weighted by molar-refractivity contribution is -0.122. The summed E-state index contributed by atoms with van der Waals surface area (Å²) in [6.07, 6.45) is 0.168. The molecule has 1 aliphatic heterocycles. The van der Waals surface area contributed by atoms with Crippen LogP contribution in [0, 0.1) is 19.8 Å². The summed E-state index contributed by atoms with van der Waals surface area (Å²) in [4.78, 5) is 38.0. The number of benzene rings is 2. The molecular weight excluding hydrogens is 342 g/mol.